The van der Waals surface area contributed by atoms with Crippen LogP contribution < -0.4 is 16.8 Å². The van der Waals surface area contributed by atoms with Crippen molar-refractivity contribution in [2.45, 2.75) is 26.3 Å². The van der Waals surface area contributed by atoms with Gasteiger partial charge in [-0.05, 0) is 38.6 Å². The molecule has 1 unspecified atom stereocenters. The maximum absolute atomic E-state index is 11.5. The van der Waals surface area contributed by atoms with Gasteiger partial charge in [0.25, 0.3) is 5.91 Å². The molecule has 1 aromatic carbocycles. The number of likely N-dealkylation sites (N-methyl/N-ethyl adjacent to an activating group) is 1. The summed E-state index contributed by atoms with van der Waals surface area (Å²) in [7, 11) is 4.05. The van der Waals surface area contributed by atoms with Gasteiger partial charge in [0, 0.05) is 12.6 Å². The third kappa shape index (κ3) is 4.74. The third-order valence-corrected chi connectivity index (χ3v) is 3.05. The fraction of sp³-hybridized carbons (Fsp3) is 0.533. The van der Waals surface area contributed by atoms with Gasteiger partial charge in [-0.2, -0.15) is 0 Å². The van der Waals surface area contributed by atoms with Gasteiger partial charge in [0.15, 0.2) is 0 Å². The van der Waals surface area contributed by atoms with Gasteiger partial charge in [-0.25, -0.2) is 0 Å². The zero-order valence-corrected chi connectivity index (χ0v) is 12.8. The highest BCUT2D eigenvalue weighted by Crippen LogP contribution is 2.25. The Balaban J connectivity index is 3.00. The number of hydrogen-bond acceptors (Lipinski definition) is 4. The van der Waals surface area contributed by atoms with E-state index in [-0.39, 0.29) is 6.04 Å². The number of nitrogens with two attached hydrogens (primary N) is 2. The van der Waals surface area contributed by atoms with Crippen LogP contribution >= 0.6 is 0 Å². The van der Waals surface area contributed by atoms with E-state index in [2.05, 4.69) is 24.1 Å². The van der Waals surface area contributed by atoms with Crippen LogP contribution in [0.1, 0.15) is 30.6 Å². The van der Waals surface area contributed by atoms with Crippen molar-refractivity contribution in [3.8, 4) is 0 Å². The van der Waals surface area contributed by atoms with Gasteiger partial charge >= 0.3 is 0 Å². The van der Waals surface area contributed by atoms with Crippen molar-refractivity contribution in [2.24, 2.45) is 11.7 Å². The average Bonchev–Trinajstić information content (AvgIpc) is 2.29. The number of benzene rings is 1. The number of amides is 1. The summed E-state index contributed by atoms with van der Waals surface area (Å²) in [6, 6.07) is 5.43. The van der Waals surface area contributed by atoms with E-state index in [1.807, 2.05) is 14.1 Å². The van der Waals surface area contributed by atoms with E-state index in [1.54, 1.807) is 18.2 Å². The Labute approximate surface area is 121 Å². The molecule has 0 saturated carbocycles. The number of para-hydroxylation sites is 1. The Morgan fingerprint density at radius 3 is 2.50 bits per heavy atom. The Hall–Kier alpha value is -1.75. The molecular formula is C15H26N4O. The molecule has 0 fully saturated rings. The second kappa shape index (κ2) is 7.14. The van der Waals surface area contributed by atoms with E-state index in [9.17, 15) is 4.79 Å². The van der Waals surface area contributed by atoms with Crippen LogP contribution in [-0.4, -0.2) is 37.5 Å². The second-order valence-electron chi connectivity index (χ2n) is 5.87. The zero-order valence-electron chi connectivity index (χ0n) is 12.8. The number of nitrogens with one attached hydrogen (secondary N) is 1. The number of carbonyl (C=O) groups is 1. The van der Waals surface area contributed by atoms with Gasteiger partial charge in [0.05, 0.1) is 16.9 Å². The minimum atomic E-state index is -0.465. The molecule has 1 amide bonds. The first-order valence-corrected chi connectivity index (χ1v) is 6.90. The predicted molar refractivity (Wildman–Crippen MR) is 84.8 cm³/mol. The zero-order chi connectivity index (χ0) is 15.3. The fourth-order valence-electron chi connectivity index (χ4n) is 2.33. The number of rotatable bonds is 7. The number of nitrogen functional groups attached to an aromatic ring is 1. The first-order valence-electron chi connectivity index (χ1n) is 6.90. The predicted octanol–water partition coefficient (Wildman–Crippen LogP) is 1.76. The highest BCUT2D eigenvalue weighted by molar-refractivity contribution is 6.01. The monoisotopic (exact) mass is 278 g/mol. The molecule has 5 nitrogen and oxygen atoms in total. The molecule has 112 valence electrons. The van der Waals surface area contributed by atoms with E-state index in [1.165, 1.54) is 0 Å². The molecule has 5 heteroatoms. The second-order valence-corrected chi connectivity index (χ2v) is 5.87. The molecule has 0 spiro atoms. The molecule has 1 rings (SSSR count). The molecule has 0 bridgehead atoms. The van der Waals surface area contributed by atoms with Gasteiger partial charge in [-0.3, -0.25) is 4.79 Å². The maximum atomic E-state index is 11.5. The smallest absolute Gasteiger partial charge is 0.250 e. The van der Waals surface area contributed by atoms with Gasteiger partial charge in [0.2, 0.25) is 0 Å². The topological polar surface area (TPSA) is 84.4 Å². The van der Waals surface area contributed by atoms with Crippen LogP contribution in [0.25, 0.3) is 0 Å². The molecule has 0 saturated heterocycles. The lowest BCUT2D eigenvalue weighted by Crippen LogP contribution is -2.34. The number of primary amides is 1. The number of anilines is 2. The molecule has 1 aromatic rings. The normalized spacial score (nSPS) is 12.7. The SMILES string of the molecule is CC(C)CC(CN(C)C)Nc1c(N)cccc1C(N)=O. The molecular weight excluding hydrogens is 252 g/mol. The minimum absolute atomic E-state index is 0.216. The highest BCUT2D eigenvalue weighted by Gasteiger charge is 2.17. The van der Waals surface area contributed by atoms with Crippen molar-refractivity contribution < 1.29 is 4.79 Å². The Kier molecular flexibility index (Phi) is 5.82. The average molecular weight is 278 g/mol. The van der Waals surface area contributed by atoms with Crippen molar-refractivity contribution >= 4 is 17.3 Å². The van der Waals surface area contributed by atoms with Gasteiger partial charge in [0.1, 0.15) is 0 Å². The molecule has 0 aliphatic rings. The maximum Gasteiger partial charge on any atom is 0.250 e. The van der Waals surface area contributed by atoms with E-state index in [4.69, 9.17) is 11.5 Å². The van der Waals surface area contributed by atoms with E-state index >= 15 is 0 Å². The van der Waals surface area contributed by atoms with E-state index < -0.39 is 5.91 Å². The first kappa shape index (κ1) is 16.3. The van der Waals surface area contributed by atoms with Crippen LogP contribution in [0.3, 0.4) is 0 Å². The first-order chi connectivity index (χ1) is 9.31. The highest BCUT2D eigenvalue weighted by atomic mass is 16.1. The lowest BCUT2D eigenvalue weighted by molar-refractivity contribution is 0.100. The summed E-state index contributed by atoms with van der Waals surface area (Å²) in [6.07, 6.45) is 0.991. The summed E-state index contributed by atoms with van der Waals surface area (Å²) >= 11 is 0. The molecule has 0 aliphatic heterocycles. The number of hydrogen-bond donors (Lipinski definition) is 3. The standard InChI is InChI=1S/C15H26N4O/c1-10(2)8-11(9-19(3)4)18-14-12(15(17)20)6-5-7-13(14)16/h5-7,10-11,18H,8-9,16H2,1-4H3,(H2,17,20). The van der Waals surface area contributed by atoms with E-state index in [0.29, 0.717) is 22.9 Å². The van der Waals surface area contributed by atoms with Crippen LogP contribution in [0.4, 0.5) is 11.4 Å². The molecule has 20 heavy (non-hydrogen) atoms. The molecule has 5 N–H and O–H groups in total. The Bertz CT molecular complexity index is 447. The summed E-state index contributed by atoms with van der Waals surface area (Å²) in [5.74, 6) is 0.0855. The number of nitrogens with zero attached hydrogens (tertiary/aromatic N) is 1. The minimum Gasteiger partial charge on any atom is -0.397 e. The van der Waals surface area contributed by atoms with Crippen molar-refractivity contribution in [3.63, 3.8) is 0 Å². The summed E-state index contributed by atoms with van der Waals surface area (Å²) in [5, 5.41) is 3.39. The largest absolute Gasteiger partial charge is 0.397 e. The molecule has 0 radical (unpaired) electrons. The molecule has 0 heterocycles. The lowest BCUT2D eigenvalue weighted by Gasteiger charge is -2.26. The van der Waals surface area contributed by atoms with Crippen LogP contribution in [0.2, 0.25) is 0 Å². The van der Waals surface area contributed by atoms with Crippen molar-refractivity contribution in [1.82, 2.24) is 4.90 Å². The molecule has 0 aromatic heterocycles. The molecule has 1 atom stereocenters. The summed E-state index contributed by atoms with van der Waals surface area (Å²) in [5.41, 5.74) is 13.0. The van der Waals surface area contributed by atoms with Crippen molar-refractivity contribution in [2.75, 3.05) is 31.7 Å². The van der Waals surface area contributed by atoms with Gasteiger partial charge in [-0.1, -0.05) is 19.9 Å². The fourth-order valence-corrected chi connectivity index (χ4v) is 2.33. The van der Waals surface area contributed by atoms with Crippen LogP contribution in [0.5, 0.6) is 0 Å². The van der Waals surface area contributed by atoms with Crippen LogP contribution in [-0.2, 0) is 0 Å². The lowest BCUT2D eigenvalue weighted by atomic mass is 10.0. The van der Waals surface area contributed by atoms with E-state index in [0.717, 1.165) is 13.0 Å². The van der Waals surface area contributed by atoms with Crippen LogP contribution in [0.15, 0.2) is 18.2 Å². The third-order valence-electron chi connectivity index (χ3n) is 3.05. The van der Waals surface area contributed by atoms with Crippen molar-refractivity contribution in [1.29, 1.82) is 0 Å². The quantitative estimate of drug-likeness (QED) is 0.663. The summed E-state index contributed by atoms with van der Waals surface area (Å²) < 4.78 is 0. The Morgan fingerprint density at radius 2 is 2.00 bits per heavy atom. The van der Waals surface area contributed by atoms with Crippen LogP contribution in [0, 0.1) is 5.92 Å². The summed E-state index contributed by atoms with van der Waals surface area (Å²) in [6.45, 7) is 5.21. The van der Waals surface area contributed by atoms with Crippen molar-refractivity contribution in [3.05, 3.63) is 23.8 Å². The van der Waals surface area contributed by atoms with Gasteiger partial charge in [-0.15, -0.1) is 0 Å². The summed E-state index contributed by atoms with van der Waals surface area (Å²) in [4.78, 5) is 13.6. The number of carbonyl (C=O) groups excluding carboxylic acids is 1. The Morgan fingerprint density at radius 1 is 1.35 bits per heavy atom. The molecule has 0 aliphatic carbocycles. The van der Waals surface area contributed by atoms with Gasteiger partial charge < -0.3 is 21.7 Å².